The van der Waals surface area contributed by atoms with Gasteiger partial charge in [-0.05, 0) is 74.0 Å². The molecule has 0 aliphatic heterocycles. The monoisotopic (exact) mass is 488 g/mol. The summed E-state index contributed by atoms with van der Waals surface area (Å²) < 4.78 is 0.931. The maximum atomic E-state index is 12.9. The summed E-state index contributed by atoms with van der Waals surface area (Å²) in [4.78, 5) is 29.9. The zero-order valence-electron chi connectivity index (χ0n) is 15.8. The summed E-state index contributed by atoms with van der Waals surface area (Å²) in [5.41, 5.74) is 3.35. The number of carbonyl (C=O) groups is 2. The van der Waals surface area contributed by atoms with Crippen LogP contribution in [-0.2, 0) is 0 Å². The zero-order valence-corrected chi connectivity index (χ0v) is 19.0. The van der Waals surface area contributed by atoms with Crippen molar-refractivity contribution >= 4 is 56.7 Å². The van der Waals surface area contributed by atoms with Gasteiger partial charge < -0.3 is 5.32 Å². The molecular formula is C22H18BrClN2O2S. The van der Waals surface area contributed by atoms with E-state index >= 15 is 0 Å². The van der Waals surface area contributed by atoms with Gasteiger partial charge in [-0.1, -0.05) is 39.3 Å². The van der Waals surface area contributed by atoms with Crippen LogP contribution in [0.5, 0.6) is 0 Å². The zero-order chi connectivity index (χ0) is 21.0. The highest BCUT2D eigenvalue weighted by Crippen LogP contribution is 2.26. The standard InChI is InChI=1S/C22H18BrClN2O2S/c1-13-11-14(2)25-22(29-12-19(27)15-3-7-17(24)8-4-15)20(13)21(28)26-18-9-5-16(23)6-10-18/h3-11H,12H2,1-2H3,(H,26,28). The maximum absolute atomic E-state index is 12.9. The number of carbonyl (C=O) groups excluding carboxylic acids is 2. The fourth-order valence-corrected chi connectivity index (χ4v) is 4.19. The highest BCUT2D eigenvalue weighted by atomic mass is 79.9. The summed E-state index contributed by atoms with van der Waals surface area (Å²) in [6.07, 6.45) is 0. The summed E-state index contributed by atoms with van der Waals surface area (Å²) in [6.45, 7) is 3.74. The number of pyridine rings is 1. The molecule has 0 saturated heterocycles. The van der Waals surface area contributed by atoms with Crippen molar-refractivity contribution in [3.8, 4) is 0 Å². The first-order valence-corrected chi connectivity index (χ1v) is 11.0. The number of halogens is 2. The Kier molecular flexibility index (Phi) is 7.11. The Hall–Kier alpha value is -2.15. The topological polar surface area (TPSA) is 59.1 Å². The smallest absolute Gasteiger partial charge is 0.258 e. The Bertz CT molecular complexity index is 1050. The van der Waals surface area contributed by atoms with Crippen LogP contribution in [0.15, 0.2) is 64.1 Å². The quantitative estimate of drug-likeness (QED) is 0.324. The molecular weight excluding hydrogens is 472 g/mol. The molecule has 0 unspecified atom stereocenters. The molecule has 1 amide bonds. The molecule has 0 fully saturated rings. The molecule has 1 heterocycles. The minimum Gasteiger partial charge on any atom is -0.322 e. The van der Waals surface area contributed by atoms with Gasteiger partial charge in [0.1, 0.15) is 5.03 Å². The molecule has 148 valence electrons. The van der Waals surface area contributed by atoms with Crippen LogP contribution in [0.3, 0.4) is 0 Å². The van der Waals surface area contributed by atoms with E-state index in [0.29, 0.717) is 26.9 Å². The summed E-state index contributed by atoms with van der Waals surface area (Å²) in [6, 6.07) is 16.0. The molecule has 1 aromatic heterocycles. The summed E-state index contributed by atoms with van der Waals surface area (Å²) >= 11 is 10.5. The van der Waals surface area contributed by atoms with Gasteiger partial charge in [0.15, 0.2) is 5.78 Å². The lowest BCUT2D eigenvalue weighted by atomic mass is 10.1. The van der Waals surface area contributed by atoms with Crippen molar-refractivity contribution in [2.24, 2.45) is 0 Å². The van der Waals surface area contributed by atoms with Gasteiger partial charge in [0.05, 0.1) is 11.3 Å². The van der Waals surface area contributed by atoms with Crippen molar-refractivity contribution < 1.29 is 9.59 Å². The predicted molar refractivity (Wildman–Crippen MR) is 122 cm³/mol. The number of ketones is 1. The fraction of sp³-hybridized carbons (Fsp3) is 0.136. The van der Waals surface area contributed by atoms with E-state index in [-0.39, 0.29) is 17.4 Å². The van der Waals surface area contributed by atoms with Gasteiger partial charge in [0.2, 0.25) is 0 Å². The number of hydrogen-bond acceptors (Lipinski definition) is 4. The number of thioether (sulfide) groups is 1. The molecule has 3 aromatic rings. The molecule has 4 nitrogen and oxygen atoms in total. The van der Waals surface area contributed by atoms with Gasteiger partial charge in [-0.2, -0.15) is 0 Å². The molecule has 1 N–H and O–H groups in total. The molecule has 0 atom stereocenters. The van der Waals surface area contributed by atoms with Crippen LogP contribution in [0.2, 0.25) is 5.02 Å². The number of aryl methyl sites for hydroxylation is 2. The van der Waals surface area contributed by atoms with Gasteiger partial charge in [-0.15, -0.1) is 0 Å². The molecule has 0 spiro atoms. The van der Waals surface area contributed by atoms with Crippen molar-refractivity contribution in [1.82, 2.24) is 4.98 Å². The van der Waals surface area contributed by atoms with Crippen LogP contribution in [0, 0.1) is 13.8 Å². The van der Waals surface area contributed by atoms with Gasteiger partial charge >= 0.3 is 0 Å². The van der Waals surface area contributed by atoms with Gasteiger partial charge in [-0.3, -0.25) is 9.59 Å². The van der Waals surface area contributed by atoms with Crippen LogP contribution in [-0.4, -0.2) is 22.4 Å². The molecule has 29 heavy (non-hydrogen) atoms. The lowest BCUT2D eigenvalue weighted by Crippen LogP contribution is -2.16. The summed E-state index contributed by atoms with van der Waals surface area (Å²) in [7, 11) is 0. The van der Waals surface area contributed by atoms with Crippen LogP contribution >= 0.6 is 39.3 Å². The van der Waals surface area contributed by atoms with Crippen LogP contribution in [0.25, 0.3) is 0 Å². The van der Waals surface area contributed by atoms with Crippen LogP contribution in [0.4, 0.5) is 5.69 Å². The number of Topliss-reactive ketones (excluding diaryl/α,β-unsaturated/α-hetero) is 1. The van der Waals surface area contributed by atoms with Crippen molar-refractivity contribution in [2.75, 3.05) is 11.1 Å². The van der Waals surface area contributed by atoms with Crippen molar-refractivity contribution in [2.45, 2.75) is 18.9 Å². The molecule has 0 aliphatic carbocycles. The van der Waals surface area contributed by atoms with Crippen LogP contribution < -0.4 is 5.32 Å². The molecule has 2 aromatic carbocycles. The van der Waals surface area contributed by atoms with E-state index in [4.69, 9.17) is 11.6 Å². The maximum Gasteiger partial charge on any atom is 0.258 e. The number of anilines is 1. The van der Waals surface area contributed by atoms with Gasteiger partial charge in [0.25, 0.3) is 5.91 Å². The number of benzene rings is 2. The molecule has 0 radical (unpaired) electrons. The summed E-state index contributed by atoms with van der Waals surface area (Å²) in [5, 5.41) is 4.02. The lowest BCUT2D eigenvalue weighted by molar-refractivity contribution is 0.101. The van der Waals surface area contributed by atoms with E-state index in [2.05, 4.69) is 26.2 Å². The number of aromatic nitrogens is 1. The van der Waals surface area contributed by atoms with Gasteiger partial charge in [0, 0.05) is 26.4 Å². The van der Waals surface area contributed by atoms with Gasteiger partial charge in [-0.25, -0.2) is 4.98 Å². The predicted octanol–water partition coefficient (Wildman–Crippen LogP) is 6.34. The third-order valence-electron chi connectivity index (χ3n) is 4.15. The Morgan fingerprint density at radius 2 is 1.72 bits per heavy atom. The number of rotatable bonds is 6. The minimum absolute atomic E-state index is 0.0492. The first-order valence-electron chi connectivity index (χ1n) is 8.80. The molecule has 0 bridgehead atoms. The van der Waals surface area contributed by atoms with Crippen molar-refractivity contribution in [3.05, 3.63) is 86.5 Å². The van der Waals surface area contributed by atoms with Crippen LogP contribution in [0.1, 0.15) is 32.0 Å². The summed E-state index contributed by atoms with van der Waals surface area (Å²) in [5.74, 6) is -0.124. The molecule has 3 rings (SSSR count). The average molecular weight is 490 g/mol. The Morgan fingerprint density at radius 3 is 2.38 bits per heavy atom. The largest absolute Gasteiger partial charge is 0.322 e. The Balaban J connectivity index is 1.80. The first-order chi connectivity index (χ1) is 13.8. The van der Waals surface area contributed by atoms with E-state index < -0.39 is 0 Å². The second-order valence-corrected chi connectivity index (χ2v) is 8.76. The average Bonchev–Trinajstić information content (AvgIpc) is 2.68. The third-order valence-corrected chi connectivity index (χ3v) is 5.90. The van der Waals surface area contributed by atoms with E-state index in [0.717, 1.165) is 15.7 Å². The number of nitrogens with one attached hydrogen (secondary N) is 1. The minimum atomic E-state index is -0.251. The highest BCUT2D eigenvalue weighted by molar-refractivity contribution is 9.10. The van der Waals surface area contributed by atoms with E-state index in [9.17, 15) is 9.59 Å². The number of hydrogen-bond donors (Lipinski definition) is 1. The third kappa shape index (κ3) is 5.69. The number of nitrogens with zero attached hydrogens (tertiary/aromatic N) is 1. The molecule has 0 saturated carbocycles. The SMILES string of the molecule is Cc1cc(C)c(C(=O)Nc2ccc(Br)cc2)c(SCC(=O)c2ccc(Cl)cc2)n1. The van der Waals surface area contributed by atoms with Crippen molar-refractivity contribution in [1.29, 1.82) is 0 Å². The normalized spacial score (nSPS) is 10.6. The lowest BCUT2D eigenvalue weighted by Gasteiger charge is -2.13. The Labute approximate surface area is 187 Å². The van der Waals surface area contributed by atoms with Crippen molar-refractivity contribution in [3.63, 3.8) is 0 Å². The second kappa shape index (κ2) is 9.57. The fourth-order valence-electron chi connectivity index (χ4n) is 2.76. The first kappa shape index (κ1) is 21.6. The molecule has 0 aliphatic rings. The Morgan fingerprint density at radius 1 is 1.07 bits per heavy atom. The number of amides is 1. The second-order valence-electron chi connectivity index (χ2n) is 6.44. The van der Waals surface area contributed by atoms with E-state index in [1.807, 2.05) is 44.2 Å². The highest BCUT2D eigenvalue weighted by Gasteiger charge is 2.19. The molecule has 7 heteroatoms. The van der Waals surface area contributed by atoms with E-state index in [1.165, 1.54) is 11.8 Å². The van der Waals surface area contributed by atoms with E-state index in [1.54, 1.807) is 24.3 Å².